The van der Waals surface area contributed by atoms with Gasteiger partial charge in [0.05, 0.1) is 6.61 Å². The molecule has 0 bridgehead atoms. The van der Waals surface area contributed by atoms with Crippen molar-refractivity contribution in [3.8, 4) is 0 Å². The van der Waals surface area contributed by atoms with Crippen molar-refractivity contribution in [2.24, 2.45) is 5.92 Å². The minimum absolute atomic E-state index is 0.0215. The van der Waals surface area contributed by atoms with Gasteiger partial charge >= 0.3 is 6.09 Å². The maximum atomic E-state index is 14.3. The molecule has 1 aromatic rings. The summed E-state index contributed by atoms with van der Waals surface area (Å²) in [6, 6.07) is 5.74. The molecule has 13 nitrogen and oxygen atoms in total. The predicted molar refractivity (Wildman–Crippen MR) is 273 cm³/mol. The number of benzene rings is 1. The first-order valence-electron chi connectivity index (χ1n) is 27.4. The number of ether oxygens (including phenoxy) is 2. The Hall–Kier alpha value is -3.26. The smallest absolute Gasteiger partial charge is 0.408 e. The van der Waals surface area contributed by atoms with Crippen LogP contribution in [0.5, 0.6) is 0 Å². The number of nitrogens with zero attached hydrogens (tertiary/aromatic N) is 1. The summed E-state index contributed by atoms with van der Waals surface area (Å²) in [6.07, 6.45) is 26.3. The fourth-order valence-corrected chi connectivity index (χ4v) is 9.10. The van der Waals surface area contributed by atoms with Crippen LogP contribution in [0.2, 0.25) is 0 Å². The molecule has 1 saturated heterocycles. The molecule has 0 aromatic heterocycles. The molecular formula is C55H98N4O9. The Morgan fingerprint density at radius 2 is 1.10 bits per heavy atom. The molecule has 68 heavy (non-hydrogen) atoms. The van der Waals surface area contributed by atoms with Crippen LogP contribution in [-0.2, 0) is 30.5 Å². The second-order valence-corrected chi connectivity index (χ2v) is 20.1. The van der Waals surface area contributed by atoms with Crippen LogP contribution in [0.15, 0.2) is 30.3 Å². The molecule has 1 fully saturated rings. The topological polar surface area (TPSA) is 187 Å². The molecule has 1 aliphatic rings. The molecule has 1 aromatic carbocycles. The van der Waals surface area contributed by atoms with Crippen LogP contribution in [0.3, 0.4) is 0 Å². The van der Waals surface area contributed by atoms with E-state index in [1.165, 1.54) is 129 Å². The van der Waals surface area contributed by atoms with Gasteiger partial charge in [-0.15, -0.1) is 0 Å². The quantitative estimate of drug-likeness (QED) is 0.0348. The molecule has 1 heterocycles. The van der Waals surface area contributed by atoms with Gasteiger partial charge in [-0.3, -0.25) is 14.4 Å². The number of unbranched alkanes of at least 4 members (excludes halogenated alkanes) is 25. The molecule has 7 atom stereocenters. The van der Waals surface area contributed by atoms with E-state index in [4.69, 9.17) is 9.47 Å². The van der Waals surface area contributed by atoms with Gasteiger partial charge in [0.1, 0.15) is 43.0 Å². The van der Waals surface area contributed by atoms with E-state index in [1.807, 2.05) is 44.2 Å². The highest BCUT2D eigenvalue weighted by molar-refractivity contribution is 5.91. The highest BCUT2D eigenvalue weighted by Gasteiger charge is 2.48. The summed E-state index contributed by atoms with van der Waals surface area (Å²) in [7, 11) is 0. The zero-order chi connectivity index (χ0) is 49.8. The highest BCUT2D eigenvalue weighted by atomic mass is 16.6. The minimum atomic E-state index is -1.59. The molecule has 6 N–H and O–H groups in total. The zero-order valence-corrected chi connectivity index (χ0v) is 43.4. The zero-order valence-electron chi connectivity index (χ0n) is 43.4. The Morgan fingerprint density at radius 3 is 1.57 bits per heavy atom. The van der Waals surface area contributed by atoms with E-state index in [1.54, 1.807) is 4.90 Å². The van der Waals surface area contributed by atoms with Gasteiger partial charge < -0.3 is 45.6 Å². The number of aliphatic hydroxyl groups is 3. The first-order chi connectivity index (χ1) is 32.9. The van der Waals surface area contributed by atoms with Gasteiger partial charge in [-0.1, -0.05) is 219 Å². The lowest BCUT2D eigenvalue weighted by atomic mass is 9.93. The Balaban J connectivity index is 2.09. The van der Waals surface area contributed by atoms with Crippen LogP contribution in [0.25, 0.3) is 0 Å². The molecule has 13 heteroatoms. The number of nitrogens with one attached hydrogen (secondary N) is 3. The summed E-state index contributed by atoms with van der Waals surface area (Å²) < 4.78 is 11.5. The Kier molecular flexibility index (Phi) is 34.4. The number of hydrogen-bond donors (Lipinski definition) is 6. The van der Waals surface area contributed by atoms with Gasteiger partial charge in [-0.2, -0.15) is 0 Å². The summed E-state index contributed by atoms with van der Waals surface area (Å²) in [5.74, 6) is -1.47. The summed E-state index contributed by atoms with van der Waals surface area (Å²) in [4.78, 5) is 56.0. The summed E-state index contributed by atoms with van der Waals surface area (Å²) >= 11 is 0. The summed E-state index contributed by atoms with van der Waals surface area (Å²) in [5.41, 5.74) is 0.787. The fraction of sp³-hybridized carbons (Fsp3) is 0.818. The minimum Gasteiger partial charge on any atom is -0.445 e. The van der Waals surface area contributed by atoms with Crippen LogP contribution < -0.4 is 16.0 Å². The number of carbonyl (C=O) groups excluding carboxylic acids is 4. The van der Waals surface area contributed by atoms with Crippen LogP contribution in [0.1, 0.15) is 226 Å². The SMILES string of the molecule is CCCCCCCCCCCCCCCCCC(=O)N(CCCCCCCCCCCCCC)[C@@H]1O[C@H](CO)[C@@H](O)[C@H](O)[C@H]1NC(=O)[C@H](CC(C)C)NC(=O)[C@H](C)NC(=O)OCc1ccccc1. The number of alkyl carbamates (subject to hydrolysis) is 1. The number of amides is 4. The largest absolute Gasteiger partial charge is 0.445 e. The lowest BCUT2D eigenvalue weighted by Crippen LogP contribution is -2.70. The third-order valence-electron chi connectivity index (χ3n) is 13.4. The van der Waals surface area contributed by atoms with E-state index in [9.17, 15) is 34.5 Å². The van der Waals surface area contributed by atoms with E-state index >= 15 is 0 Å². The van der Waals surface area contributed by atoms with Gasteiger partial charge in [-0.05, 0) is 37.7 Å². The van der Waals surface area contributed by atoms with Gasteiger partial charge in [0.2, 0.25) is 17.7 Å². The molecule has 0 spiro atoms. The summed E-state index contributed by atoms with van der Waals surface area (Å²) in [5, 5.41) is 41.1. The van der Waals surface area contributed by atoms with Gasteiger partial charge in [0.15, 0.2) is 6.23 Å². The molecule has 1 aliphatic heterocycles. The van der Waals surface area contributed by atoms with Crippen molar-refractivity contribution in [3.05, 3.63) is 35.9 Å². The van der Waals surface area contributed by atoms with Crippen molar-refractivity contribution in [1.82, 2.24) is 20.9 Å². The second kappa shape index (κ2) is 38.5. The van der Waals surface area contributed by atoms with Gasteiger partial charge in [-0.25, -0.2) is 4.79 Å². The average molecular weight is 959 g/mol. The van der Waals surface area contributed by atoms with Crippen molar-refractivity contribution < 1.29 is 44.0 Å². The van der Waals surface area contributed by atoms with Crippen molar-refractivity contribution >= 4 is 23.8 Å². The predicted octanol–water partition coefficient (Wildman–Crippen LogP) is 10.5. The van der Waals surface area contributed by atoms with Crippen molar-refractivity contribution in [1.29, 1.82) is 0 Å². The van der Waals surface area contributed by atoms with E-state index in [0.29, 0.717) is 19.4 Å². The highest BCUT2D eigenvalue weighted by Crippen LogP contribution is 2.27. The lowest BCUT2D eigenvalue weighted by Gasteiger charge is -2.47. The molecule has 0 aliphatic carbocycles. The molecule has 0 saturated carbocycles. The average Bonchev–Trinajstić information content (AvgIpc) is 3.32. The van der Waals surface area contributed by atoms with Crippen LogP contribution >= 0.6 is 0 Å². The van der Waals surface area contributed by atoms with Crippen molar-refractivity contribution in [3.63, 3.8) is 0 Å². The lowest BCUT2D eigenvalue weighted by molar-refractivity contribution is -0.231. The Labute approximate surface area is 412 Å². The Bertz CT molecular complexity index is 1450. The van der Waals surface area contributed by atoms with E-state index in [-0.39, 0.29) is 31.3 Å². The van der Waals surface area contributed by atoms with Crippen LogP contribution in [0.4, 0.5) is 4.79 Å². The molecule has 4 amide bonds. The summed E-state index contributed by atoms with van der Waals surface area (Å²) in [6.45, 7) is 9.53. The third kappa shape index (κ3) is 26.6. The monoisotopic (exact) mass is 959 g/mol. The molecule has 0 radical (unpaired) electrons. The fourth-order valence-electron chi connectivity index (χ4n) is 9.10. The normalized spacial score (nSPS) is 19.0. The van der Waals surface area contributed by atoms with E-state index in [0.717, 1.165) is 44.1 Å². The van der Waals surface area contributed by atoms with E-state index < -0.39 is 67.2 Å². The third-order valence-corrected chi connectivity index (χ3v) is 13.4. The Morgan fingerprint density at radius 1 is 0.632 bits per heavy atom. The molecule has 392 valence electrons. The second-order valence-electron chi connectivity index (χ2n) is 20.1. The molecular weight excluding hydrogens is 861 g/mol. The molecule has 2 rings (SSSR count). The molecule has 0 unspecified atom stereocenters. The van der Waals surface area contributed by atoms with Crippen LogP contribution in [-0.4, -0.2) is 99.9 Å². The van der Waals surface area contributed by atoms with E-state index in [2.05, 4.69) is 29.8 Å². The first-order valence-corrected chi connectivity index (χ1v) is 27.4. The number of carbonyl (C=O) groups is 4. The standard InChI is InChI=1S/C55H98N4O9/c1-6-8-10-12-14-16-18-20-21-22-23-25-27-29-34-38-48(61)59(39-35-30-28-26-24-19-17-15-13-11-9-7-2)54-49(51(63)50(62)47(41-60)68-54)58-53(65)46(40-43(3)4)57-52(64)44(5)56-55(66)67-42-45-36-32-31-33-37-45/h31-33,36-37,43-44,46-47,49-51,54,60,62-63H,6-30,34-35,38-42H2,1-5H3,(H,56,66)(H,57,64)(H,58,65)/t44-,46-,47+,49+,50+,51+,54+/m0/s1. The van der Waals surface area contributed by atoms with Crippen LogP contribution in [0, 0.1) is 5.92 Å². The van der Waals surface area contributed by atoms with Crippen molar-refractivity contribution in [2.75, 3.05) is 13.2 Å². The number of hydrogen-bond acceptors (Lipinski definition) is 9. The first kappa shape index (κ1) is 60.9. The van der Waals surface area contributed by atoms with Crippen molar-refractivity contribution in [2.45, 2.75) is 270 Å². The number of aliphatic hydroxyl groups excluding tert-OH is 3. The maximum absolute atomic E-state index is 14.3. The number of rotatable bonds is 40. The van der Waals surface area contributed by atoms with Gasteiger partial charge in [0, 0.05) is 13.0 Å². The maximum Gasteiger partial charge on any atom is 0.408 e. The van der Waals surface area contributed by atoms with Gasteiger partial charge in [0.25, 0.3) is 0 Å².